The lowest BCUT2D eigenvalue weighted by Gasteiger charge is -2.26. The van der Waals surface area contributed by atoms with E-state index in [1.54, 1.807) is 18.2 Å². The minimum Gasteiger partial charge on any atom is -0.495 e. The molecule has 0 spiro atoms. The molecule has 3 aromatic carbocycles. The molecule has 8 nitrogen and oxygen atoms in total. The van der Waals surface area contributed by atoms with E-state index in [-0.39, 0.29) is 32.6 Å². The van der Waals surface area contributed by atoms with Crippen LogP contribution in [-0.4, -0.2) is 39.1 Å². The van der Waals surface area contributed by atoms with E-state index in [1.165, 1.54) is 55.6 Å². The monoisotopic (exact) mass is 488 g/mol. The Balaban J connectivity index is 2.05. The smallest absolute Gasteiger partial charge is 0.337 e. The molecule has 0 bridgehead atoms. The van der Waals surface area contributed by atoms with Gasteiger partial charge in [0.15, 0.2) is 0 Å². The summed E-state index contributed by atoms with van der Waals surface area (Å²) in [6.45, 7) is 1.17. The third-order valence-corrected chi connectivity index (χ3v) is 6.75. The fourth-order valence-electron chi connectivity index (χ4n) is 3.09. The number of nitrogens with zero attached hydrogens (tertiary/aromatic N) is 1. The molecule has 172 valence electrons. The van der Waals surface area contributed by atoms with Crippen LogP contribution in [0.3, 0.4) is 0 Å². The van der Waals surface area contributed by atoms with Crippen molar-refractivity contribution in [2.75, 3.05) is 23.3 Å². The molecule has 0 aliphatic heterocycles. The van der Waals surface area contributed by atoms with E-state index in [2.05, 4.69) is 5.32 Å². The van der Waals surface area contributed by atoms with Gasteiger partial charge in [-0.15, -0.1) is 0 Å². The SMILES string of the molecule is COc1ccc(Cl)cc1N(CC(=O)Nc1ccccc1C(=O)O)S(=O)(=O)c1ccc(C)cc1. The zero-order valence-corrected chi connectivity index (χ0v) is 19.4. The molecule has 10 heteroatoms. The molecule has 2 N–H and O–H groups in total. The number of rotatable bonds is 8. The Morgan fingerprint density at radius 1 is 1.06 bits per heavy atom. The van der Waals surface area contributed by atoms with Crippen LogP contribution in [0.1, 0.15) is 15.9 Å². The Labute approximate surface area is 196 Å². The van der Waals surface area contributed by atoms with Crippen molar-refractivity contribution in [2.24, 2.45) is 0 Å². The third-order valence-electron chi connectivity index (χ3n) is 4.74. The molecular weight excluding hydrogens is 468 g/mol. The largest absolute Gasteiger partial charge is 0.495 e. The number of carbonyl (C=O) groups is 2. The number of aromatic carboxylic acids is 1. The summed E-state index contributed by atoms with van der Waals surface area (Å²) < 4.78 is 33.3. The van der Waals surface area contributed by atoms with Crippen molar-refractivity contribution < 1.29 is 27.9 Å². The second-order valence-corrected chi connectivity index (χ2v) is 9.34. The number of para-hydroxylation sites is 1. The number of carbonyl (C=O) groups excluding carboxylic acids is 1. The van der Waals surface area contributed by atoms with Crippen LogP contribution in [0.25, 0.3) is 0 Å². The number of methoxy groups -OCH3 is 1. The Morgan fingerprint density at radius 2 is 1.73 bits per heavy atom. The first-order valence-electron chi connectivity index (χ1n) is 9.68. The van der Waals surface area contributed by atoms with Crippen LogP contribution < -0.4 is 14.4 Å². The molecule has 0 aliphatic carbocycles. The van der Waals surface area contributed by atoms with Crippen molar-refractivity contribution in [1.82, 2.24) is 0 Å². The molecule has 3 aromatic rings. The summed E-state index contributed by atoms with van der Waals surface area (Å²) in [5, 5.41) is 12.1. The van der Waals surface area contributed by atoms with Gasteiger partial charge in [-0.3, -0.25) is 9.10 Å². The quantitative estimate of drug-likeness (QED) is 0.491. The van der Waals surface area contributed by atoms with Crippen LogP contribution in [0.4, 0.5) is 11.4 Å². The van der Waals surface area contributed by atoms with E-state index in [1.807, 2.05) is 6.92 Å². The summed E-state index contributed by atoms with van der Waals surface area (Å²) in [4.78, 5) is 24.3. The summed E-state index contributed by atoms with van der Waals surface area (Å²) in [5.74, 6) is -1.79. The molecule has 1 amide bonds. The number of carboxylic acids is 1. The normalized spacial score (nSPS) is 11.0. The number of hydrogen-bond donors (Lipinski definition) is 2. The van der Waals surface area contributed by atoms with Crippen molar-refractivity contribution in [3.8, 4) is 5.75 Å². The van der Waals surface area contributed by atoms with Crippen LogP contribution in [0, 0.1) is 6.92 Å². The first-order chi connectivity index (χ1) is 15.6. The van der Waals surface area contributed by atoms with Gasteiger partial charge in [-0.25, -0.2) is 13.2 Å². The van der Waals surface area contributed by atoms with Crippen LogP contribution >= 0.6 is 11.6 Å². The Hall–Kier alpha value is -3.56. The molecular formula is C23H21ClN2O6S. The summed E-state index contributed by atoms with van der Waals surface area (Å²) in [6.07, 6.45) is 0. The number of ether oxygens (including phenoxy) is 1. The number of halogens is 1. The van der Waals surface area contributed by atoms with Crippen LogP contribution in [0.15, 0.2) is 71.6 Å². The van der Waals surface area contributed by atoms with Gasteiger partial charge in [0.2, 0.25) is 5.91 Å². The molecule has 0 fully saturated rings. The number of nitrogens with one attached hydrogen (secondary N) is 1. The maximum Gasteiger partial charge on any atom is 0.337 e. The van der Waals surface area contributed by atoms with E-state index in [4.69, 9.17) is 16.3 Å². The highest BCUT2D eigenvalue weighted by atomic mass is 35.5. The lowest BCUT2D eigenvalue weighted by molar-refractivity contribution is -0.114. The number of aryl methyl sites for hydroxylation is 1. The Morgan fingerprint density at radius 3 is 2.36 bits per heavy atom. The Kier molecular flexibility index (Phi) is 7.25. The van der Waals surface area contributed by atoms with Crippen molar-refractivity contribution in [3.05, 3.63) is 82.9 Å². The zero-order chi connectivity index (χ0) is 24.2. The number of benzene rings is 3. The van der Waals surface area contributed by atoms with Gasteiger partial charge in [0, 0.05) is 5.02 Å². The van der Waals surface area contributed by atoms with E-state index in [0.29, 0.717) is 0 Å². The average molecular weight is 489 g/mol. The number of amides is 1. The first-order valence-corrected chi connectivity index (χ1v) is 11.5. The number of carboxylic acid groups (broad SMARTS) is 1. The second-order valence-electron chi connectivity index (χ2n) is 7.04. The van der Waals surface area contributed by atoms with E-state index in [0.717, 1.165) is 9.87 Å². The average Bonchev–Trinajstić information content (AvgIpc) is 2.78. The van der Waals surface area contributed by atoms with Gasteiger partial charge in [-0.1, -0.05) is 41.4 Å². The molecule has 0 unspecified atom stereocenters. The minimum absolute atomic E-state index is 0.0335. The topological polar surface area (TPSA) is 113 Å². The van der Waals surface area contributed by atoms with E-state index in [9.17, 15) is 23.1 Å². The van der Waals surface area contributed by atoms with Gasteiger partial charge in [0.1, 0.15) is 12.3 Å². The molecule has 0 saturated carbocycles. The molecule has 33 heavy (non-hydrogen) atoms. The van der Waals surface area contributed by atoms with Crippen LogP contribution in [-0.2, 0) is 14.8 Å². The zero-order valence-electron chi connectivity index (χ0n) is 17.8. The molecule has 0 aliphatic rings. The van der Waals surface area contributed by atoms with Gasteiger partial charge in [0.25, 0.3) is 10.0 Å². The van der Waals surface area contributed by atoms with Gasteiger partial charge in [-0.05, 0) is 49.4 Å². The van der Waals surface area contributed by atoms with Gasteiger partial charge in [0.05, 0.1) is 28.9 Å². The molecule has 0 heterocycles. The van der Waals surface area contributed by atoms with Gasteiger partial charge < -0.3 is 15.2 Å². The van der Waals surface area contributed by atoms with Crippen molar-refractivity contribution in [3.63, 3.8) is 0 Å². The van der Waals surface area contributed by atoms with E-state index < -0.39 is 28.4 Å². The highest BCUT2D eigenvalue weighted by Crippen LogP contribution is 2.35. The molecule has 0 saturated heterocycles. The maximum atomic E-state index is 13.5. The van der Waals surface area contributed by atoms with Gasteiger partial charge in [-0.2, -0.15) is 0 Å². The fourth-order valence-corrected chi connectivity index (χ4v) is 4.68. The van der Waals surface area contributed by atoms with Crippen molar-refractivity contribution in [2.45, 2.75) is 11.8 Å². The van der Waals surface area contributed by atoms with Crippen LogP contribution in [0.2, 0.25) is 5.02 Å². The highest BCUT2D eigenvalue weighted by Gasteiger charge is 2.30. The molecule has 3 rings (SSSR count). The van der Waals surface area contributed by atoms with E-state index >= 15 is 0 Å². The van der Waals surface area contributed by atoms with Crippen molar-refractivity contribution >= 4 is 44.9 Å². The highest BCUT2D eigenvalue weighted by molar-refractivity contribution is 7.92. The van der Waals surface area contributed by atoms with Gasteiger partial charge >= 0.3 is 5.97 Å². The molecule has 0 aromatic heterocycles. The number of sulfonamides is 1. The second kappa shape index (κ2) is 9.93. The summed E-state index contributed by atoms with van der Waals surface area (Å²) in [5.41, 5.74) is 0.843. The Bertz CT molecular complexity index is 1290. The summed E-state index contributed by atoms with van der Waals surface area (Å²) in [6, 6.07) is 16.4. The minimum atomic E-state index is -4.22. The third kappa shape index (κ3) is 5.44. The van der Waals surface area contributed by atoms with Crippen molar-refractivity contribution in [1.29, 1.82) is 0 Å². The van der Waals surface area contributed by atoms with Crippen LogP contribution in [0.5, 0.6) is 5.75 Å². The predicted molar refractivity (Wildman–Crippen MR) is 126 cm³/mol. The number of hydrogen-bond acceptors (Lipinski definition) is 5. The first kappa shape index (κ1) is 24.1. The standard InChI is InChI=1S/C23H21ClN2O6S/c1-15-7-10-17(11-8-15)33(30,31)26(20-13-16(24)9-12-21(20)32-2)14-22(27)25-19-6-4-3-5-18(19)23(28)29/h3-13H,14H2,1-2H3,(H,25,27)(H,28,29). The lowest BCUT2D eigenvalue weighted by Crippen LogP contribution is -2.38. The summed E-state index contributed by atoms with van der Waals surface area (Å²) in [7, 11) is -2.85. The fraction of sp³-hybridized carbons (Fsp3) is 0.130. The summed E-state index contributed by atoms with van der Waals surface area (Å²) >= 11 is 6.11. The molecule has 0 atom stereocenters. The lowest BCUT2D eigenvalue weighted by atomic mass is 10.2. The molecule has 0 radical (unpaired) electrons. The maximum absolute atomic E-state index is 13.5. The predicted octanol–water partition coefficient (Wildman–Crippen LogP) is 4.19. The number of anilines is 2.